The molecule has 3 nitrogen and oxygen atoms in total. The van der Waals surface area contributed by atoms with Gasteiger partial charge in [0.25, 0.3) is 0 Å². The zero-order valence-electron chi connectivity index (χ0n) is 14.0. The van der Waals surface area contributed by atoms with Gasteiger partial charge in [0, 0.05) is 5.39 Å². The minimum absolute atomic E-state index is 0.129. The van der Waals surface area contributed by atoms with Gasteiger partial charge in [0.05, 0.1) is 17.7 Å². The first-order valence-corrected chi connectivity index (χ1v) is 7.98. The highest BCUT2D eigenvalue weighted by Gasteiger charge is 2.38. The molecule has 28 heavy (non-hydrogen) atoms. The highest BCUT2D eigenvalue weighted by Crippen LogP contribution is 2.40. The predicted octanol–water partition coefficient (Wildman–Crippen LogP) is 4.85. The average molecular weight is 401 g/mol. The lowest BCUT2D eigenvalue weighted by Crippen LogP contribution is -2.14. The summed E-state index contributed by atoms with van der Waals surface area (Å²) in [6.45, 7) is -0.371. The maximum Gasteiger partial charge on any atom is 0.433 e. The van der Waals surface area contributed by atoms with Gasteiger partial charge in [0.1, 0.15) is 11.8 Å². The summed E-state index contributed by atoms with van der Waals surface area (Å²) in [6, 6.07) is 9.15. The number of alkyl halides is 6. The van der Waals surface area contributed by atoms with Crippen molar-refractivity contribution in [1.29, 1.82) is 0 Å². The zero-order valence-corrected chi connectivity index (χ0v) is 14.0. The van der Waals surface area contributed by atoms with Crippen molar-refractivity contribution in [1.82, 2.24) is 4.98 Å². The summed E-state index contributed by atoms with van der Waals surface area (Å²) in [5, 5.41) is 19.6. The van der Waals surface area contributed by atoms with Crippen molar-refractivity contribution >= 4 is 10.9 Å². The second-order valence-corrected chi connectivity index (χ2v) is 6.10. The summed E-state index contributed by atoms with van der Waals surface area (Å²) >= 11 is 0. The van der Waals surface area contributed by atoms with Gasteiger partial charge in [-0.2, -0.15) is 26.3 Å². The van der Waals surface area contributed by atoms with Crippen LogP contribution in [0.2, 0.25) is 0 Å². The zero-order chi connectivity index (χ0) is 20.7. The molecule has 1 unspecified atom stereocenters. The van der Waals surface area contributed by atoms with Crippen LogP contribution in [-0.2, 0) is 19.0 Å². The van der Waals surface area contributed by atoms with E-state index in [1.807, 2.05) is 0 Å². The number of rotatable bonds is 3. The maximum absolute atomic E-state index is 13.3. The first kappa shape index (κ1) is 20.1. The molecule has 0 saturated carbocycles. The Morgan fingerprint density at radius 2 is 1.57 bits per heavy atom. The highest BCUT2D eigenvalue weighted by atomic mass is 19.4. The van der Waals surface area contributed by atoms with Gasteiger partial charge in [-0.3, -0.25) is 0 Å². The van der Waals surface area contributed by atoms with Crippen molar-refractivity contribution in [3.8, 4) is 0 Å². The highest BCUT2D eigenvalue weighted by molar-refractivity contribution is 5.86. The topological polar surface area (TPSA) is 53.4 Å². The third kappa shape index (κ3) is 3.81. The number of hydrogen-bond donors (Lipinski definition) is 2. The van der Waals surface area contributed by atoms with E-state index in [1.165, 1.54) is 30.3 Å². The minimum atomic E-state index is -5.01. The average Bonchev–Trinajstić information content (AvgIpc) is 2.64. The van der Waals surface area contributed by atoms with Crippen LogP contribution in [0.3, 0.4) is 0 Å². The van der Waals surface area contributed by atoms with Gasteiger partial charge >= 0.3 is 12.4 Å². The number of aliphatic hydroxyl groups excluding tert-OH is 2. The van der Waals surface area contributed by atoms with Gasteiger partial charge in [0.15, 0.2) is 0 Å². The fourth-order valence-electron chi connectivity index (χ4n) is 2.92. The first-order valence-electron chi connectivity index (χ1n) is 7.98. The summed E-state index contributed by atoms with van der Waals surface area (Å²) in [6.07, 6.45) is -11.6. The third-order valence-electron chi connectivity index (χ3n) is 4.21. The van der Waals surface area contributed by atoms with E-state index < -0.39 is 35.2 Å². The Bertz CT molecular complexity index is 1010. The fraction of sp³-hybridized carbons (Fsp3) is 0.211. The lowest BCUT2D eigenvalue weighted by Gasteiger charge is -2.19. The van der Waals surface area contributed by atoms with Crippen LogP contribution in [0.15, 0.2) is 48.5 Å². The number of aliphatic hydroxyl groups is 2. The number of nitrogens with zero attached hydrogens (tertiary/aromatic N) is 1. The Morgan fingerprint density at radius 1 is 0.893 bits per heavy atom. The standard InChI is InChI=1S/C19H13F6NO2/c20-18(21,22)14-6-2-5-12-13(8-15(19(23,24)25)26-16(12)14)17(28)11-4-1-3-10(7-11)9-27/h1-8,17,27-28H,9H2. The van der Waals surface area contributed by atoms with Crippen LogP contribution in [0.5, 0.6) is 0 Å². The molecule has 1 atom stereocenters. The van der Waals surface area contributed by atoms with Crippen molar-refractivity contribution in [2.75, 3.05) is 0 Å². The predicted molar refractivity (Wildman–Crippen MR) is 88.2 cm³/mol. The molecule has 0 amide bonds. The van der Waals surface area contributed by atoms with Gasteiger partial charge in [-0.25, -0.2) is 4.98 Å². The van der Waals surface area contributed by atoms with Crippen LogP contribution in [0.1, 0.15) is 34.1 Å². The SMILES string of the molecule is OCc1cccc(C(O)c2cc(C(F)(F)F)nc3c(C(F)(F)F)cccc23)c1. The number of para-hydroxylation sites is 1. The molecule has 0 aliphatic rings. The van der Waals surface area contributed by atoms with Crippen molar-refractivity contribution in [3.05, 3.63) is 76.5 Å². The number of fused-ring (bicyclic) bond motifs is 1. The summed E-state index contributed by atoms with van der Waals surface area (Å²) in [5.74, 6) is 0. The monoisotopic (exact) mass is 401 g/mol. The van der Waals surface area contributed by atoms with Crippen molar-refractivity contribution < 1.29 is 36.6 Å². The number of hydrogen-bond acceptors (Lipinski definition) is 3. The summed E-state index contributed by atoms with van der Waals surface area (Å²) < 4.78 is 79.6. The Kier molecular flexibility index (Phi) is 5.07. The van der Waals surface area contributed by atoms with Gasteiger partial charge in [0.2, 0.25) is 0 Å². The van der Waals surface area contributed by atoms with Crippen LogP contribution < -0.4 is 0 Å². The molecule has 0 spiro atoms. The molecule has 148 valence electrons. The molecule has 3 aromatic rings. The van der Waals surface area contributed by atoms with E-state index in [0.29, 0.717) is 17.7 Å². The molecule has 1 aromatic heterocycles. The minimum Gasteiger partial charge on any atom is -0.392 e. The van der Waals surface area contributed by atoms with E-state index in [-0.39, 0.29) is 23.1 Å². The number of benzene rings is 2. The Hall–Kier alpha value is -2.65. The molecule has 9 heteroatoms. The molecule has 0 saturated heterocycles. The third-order valence-corrected chi connectivity index (χ3v) is 4.21. The van der Waals surface area contributed by atoms with Crippen LogP contribution in [0.25, 0.3) is 10.9 Å². The van der Waals surface area contributed by atoms with Gasteiger partial charge in [-0.05, 0) is 28.8 Å². The normalized spacial score (nSPS) is 13.7. The number of aromatic nitrogens is 1. The second kappa shape index (κ2) is 7.06. The summed E-state index contributed by atoms with van der Waals surface area (Å²) in [7, 11) is 0. The Morgan fingerprint density at radius 3 is 2.18 bits per heavy atom. The molecule has 2 N–H and O–H groups in total. The summed E-state index contributed by atoms with van der Waals surface area (Å²) in [5.41, 5.74) is -3.60. The van der Waals surface area contributed by atoms with E-state index >= 15 is 0 Å². The maximum atomic E-state index is 13.3. The molecular weight excluding hydrogens is 388 g/mol. The van der Waals surface area contributed by atoms with E-state index in [9.17, 15) is 36.6 Å². The second-order valence-electron chi connectivity index (χ2n) is 6.10. The fourth-order valence-corrected chi connectivity index (χ4v) is 2.92. The van der Waals surface area contributed by atoms with Crippen molar-refractivity contribution in [3.63, 3.8) is 0 Å². The van der Waals surface area contributed by atoms with Crippen LogP contribution in [-0.4, -0.2) is 15.2 Å². The van der Waals surface area contributed by atoms with E-state index in [4.69, 9.17) is 0 Å². The number of halogens is 6. The van der Waals surface area contributed by atoms with E-state index in [1.54, 1.807) is 0 Å². The molecule has 0 aliphatic heterocycles. The molecule has 0 radical (unpaired) electrons. The van der Waals surface area contributed by atoms with Crippen LogP contribution in [0, 0.1) is 0 Å². The molecule has 0 bridgehead atoms. The van der Waals surface area contributed by atoms with E-state index in [0.717, 1.165) is 6.07 Å². The van der Waals surface area contributed by atoms with Gasteiger partial charge in [-0.1, -0.05) is 36.4 Å². The number of pyridine rings is 1. The molecule has 0 aliphatic carbocycles. The molecule has 2 aromatic carbocycles. The molecular formula is C19H13F6NO2. The quantitative estimate of drug-likeness (QED) is 0.618. The lowest BCUT2D eigenvalue weighted by molar-refractivity contribution is -0.142. The molecule has 3 rings (SSSR count). The smallest absolute Gasteiger partial charge is 0.392 e. The van der Waals surface area contributed by atoms with Gasteiger partial charge in [-0.15, -0.1) is 0 Å². The lowest BCUT2D eigenvalue weighted by atomic mass is 9.94. The molecule has 0 fully saturated rings. The first-order chi connectivity index (χ1) is 13.0. The van der Waals surface area contributed by atoms with Crippen molar-refractivity contribution in [2.45, 2.75) is 25.1 Å². The van der Waals surface area contributed by atoms with Crippen molar-refractivity contribution in [2.24, 2.45) is 0 Å². The summed E-state index contributed by atoms with van der Waals surface area (Å²) in [4.78, 5) is 3.19. The molecule has 1 heterocycles. The van der Waals surface area contributed by atoms with Crippen LogP contribution in [0.4, 0.5) is 26.3 Å². The Balaban J connectivity index is 2.31. The van der Waals surface area contributed by atoms with E-state index in [2.05, 4.69) is 4.98 Å². The Labute approximate surface area is 154 Å². The van der Waals surface area contributed by atoms with Gasteiger partial charge < -0.3 is 10.2 Å². The van der Waals surface area contributed by atoms with Crippen LogP contribution >= 0.6 is 0 Å². The largest absolute Gasteiger partial charge is 0.433 e.